The van der Waals surface area contributed by atoms with Crippen molar-refractivity contribution in [3.63, 3.8) is 0 Å². The van der Waals surface area contributed by atoms with E-state index < -0.39 is 0 Å². The summed E-state index contributed by atoms with van der Waals surface area (Å²) in [5.74, 6) is 2.02. The number of hydrogen-bond donors (Lipinski definition) is 1. The van der Waals surface area contributed by atoms with Crippen molar-refractivity contribution in [1.29, 1.82) is 0 Å². The highest BCUT2D eigenvalue weighted by Gasteiger charge is 2.23. The summed E-state index contributed by atoms with van der Waals surface area (Å²) in [4.78, 5) is 23.3. The summed E-state index contributed by atoms with van der Waals surface area (Å²) >= 11 is 0. The molecule has 126 valence electrons. The first-order valence-electron chi connectivity index (χ1n) is 8.54. The molecule has 1 aromatic heterocycles. The molecular formula is C19H24N4O. The van der Waals surface area contributed by atoms with Gasteiger partial charge in [-0.3, -0.25) is 4.79 Å². The third kappa shape index (κ3) is 4.10. The molecule has 5 heteroatoms. The van der Waals surface area contributed by atoms with Crippen LogP contribution in [0.3, 0.4) is 0 Å². The van der Waals surface area contributed by atoms with Gasteiger partial charge < -0.3 is 10.2 Å². The highest BCUT2D eigenvalue weighted by Crippen LogP contribution is 2.18. The number of amides is 1. The maximum absolute atomic E-state index is 12.7. The molecule has 0 bridgehead atoms. The van der Waals surface area contributed by atoms with E-state index in [1.54, 1.807) is 6.07 Å². The van der Waals surface area contributed by atoms with Crippen molar-refractivity contribution in [2.45, 2.75) is 33.2 Å². The summed E-state index contributed by atoms with van der Waals surface area (Å²) in [6.07, 6.45) is 2.13. The minimum absolute atomic E-state index is 0.00941. The number of aryl methyl sites for hydroxylation is 1. The lowest BCUT2D eigenvalue weighted by Gasteiger charge is -2.30. The maximum Gasteiger partial charge on any atom is 0.272 e. The summed E-state index contributed by atoms with van der Waals surface area (Å²) < 4.78 is 0. The van der Waals surface area contributed by atoms with E-state index >= 15 is 0 Å². The fraction of sp³-hybridized carbons (Fsp3) is 0.421. The fourth-order valence-corrected chi connectivity index (χ4v) is 2.93. The summed E-state index contributed by atoms with van der Waals surface area (Å²) in [5, 5.41) is 3.29. The number of likely N-dealkylation sites (tertiary alicyclic amines) is 1. The van der Waals surface area contributed by atoms with Crippen LogP contribution in [-0.4, -0.2) is 33.9 Å². The second-order valence-electron chi connectivity index (χ2n) is 6.50. The zero-order chi connectivity index (χ0) is 16.9. The predicted molar refractivity (Wildman–Crippen MR) is 94.8 cm³/mol. The highest BCUT2D eigenvalue weighted by atomic mass is 16.2. The van der Waals surface area contributed by atoms with Crippen LogP contribution in [-0.2, 0) is 6.54 Å². The monoisotopic (exact) mass is 324 g/mol. The van der Waals surface area contributed by atoms with Crippen LogP contribution >= 0.6 is 0 Å². The van der Waals surface area contributed by atoms with Crippen molar-refractivity contribution in [1.82, 2.24) is 14.9 Å². The summed E-state index contributed by atoms with van der Waals surface area (Å²) in [6.45, 7) is 6.36. The molecule has 0 atom stereocenters. The summed E-state index contributed by atoms with van der Waals surface area (Å²) in [5.41, 5.74) is 1.65. The molecule has 2 aromatic rings. The molecule has 3 rings (SSSR count). The first kappa shape index (κ1) is 16.4. The number of nitrogens with one attached hydrogen (secondary N) is 1. The van der Waals surface area contributed by atoms with Gasteiger partial charge in [0.05, 0.1) is 0 Å². The molecule has 5 nitrogen and oxygen atoms in total. The largest absolute Gasteiger partial charge is 0.366 e. The molecule has 1 aromatic carbocycles. The fourth-order valence-electron chi connectivity index (χ4n) is 2.93. The second kappa shape index (κ2) is 7.43. The minimum Gasteiger partial charge on any atom is -0.366 e. The Labute approximate surface area is 143 Å². The van der Waals surface area contributed by atoms with E-state index in [9.17, 15) is 4.79 Å². The molecular weight excluding hydrogens is 300 g/mol. The average Bonchev–Trinajstić information content (AvgIpc) is 2.60. The van der Waals surface area contributed by atoms with Crippen molar-refractivity contribution >= 4 is 11.7 Å². The SMILES string of the molecule is Cc1nc(NCc2ccccc2)cc(C(=O)N2CCC(C)CC2)n1. The average molecular weight is 324 g/mol. The lowest BCUT2D eigenvalue weighted by atomic mass is 9.99. The van der Waals surface area contributed by atoms with Crippen molar-refractivity contribution < 1.29 is 4.79 Å². The lowest BCUT2D eigenvalue weighted by Crippen LogP contribution is -2.38. The number of aromatic nitrogens is 2. The Hall–Kier alpha value is -2.43. The summed E-state index contributed by atoms with van der Waals surface area (Å²) in [7, 11) is 0. The minimum atomic E-state index is 0.00941. The molecule has 24 heavy (non-hydrogen) atoms. The van der Waals surface area contributed by atoms with Gasteiger partial charge in [-0.2, -0.15) is 0 Å². The number of piperidine rings is 1. The zero-order valence-electron chi connectivity index (χ0n) is 14.3. The van der Waals surface area contributed by atoms with Gasteiger partial charge >= 0.3 is 0 Å². The Morgan fingerprint density at radius 2 is 1.92 bits per heavy atom. The molecule has 1 amide bonds. The van der Waals surface area contributed by atoms with Crippen molar-refractivity contribution in [3.05, 3.63) is 53.5 Å². The number of hydrogen-bond acceptors (Lipinski definition) is 4. The van der Waals surface area contributed by atoms with Crippen LogP contribution < -0.4 is 5.32 Å². The van der Waals surface area contributed by atoms with Crippen molar-refractivity contribution in [2.24, 2.45) is 5.92 Å². The molecule has 1 N–H and O–H groups in total. The van der Waals surface area contributed by atoms with Crippen molar-refractivity contribution in [3.8, 4) is 0 Å². The molecule has 1 aliphatic heterocycles. The molecule has 1 saturated heterocycles. The topological polar surface area (TPSA) is 58.1 Å². The molecule has 1 aliphatic rings. The van der Waals surface area contributed by atoms with Gasteiger partial charge in [0.1, 0.15) is 17.3 Å². The maximum atomic E-state index is 12.7. The third-order valence-corrected chi connectivity index (χ3v) is 4.44. The van der Waals surface area contributed by atoms with E-state index in [-0.39, 0.29) is 5.91 Å². The molecule has 1 fully saturated rings. The number of nitrogens with zero attached hydrogens (tertiary/aromatic N) is 3. The van der Waals surface area contributed by atoms with Crippen LogP contribution in [0.2, 0.25) is 0 Å². The van der Waals surface area contributed by atoms with Crippen LogP contribution in [0.1, 0.15) is 41.6 Å². The van der Waals surface area contributed by atoms with E-state index in [1.807, 2.05) is 30.0 Å². The quantitative estimate of drug-likeness (QED) is 0.938. The number of anilines is 1. The molecule has 2 heterocycles. The van der Waals surface area contributed by atoms with Gasteiger partial charge in [-0.1, -0.05) is 37.3 Å². The molecule has 0 radical (unpaired) electrons. The zero-order valence-corrected chi connectivity index (χ0v) is 14.3. The molecule has 0 spiro atoms. The van der Waals surface area contributed by atoms with Gasteiger partial charge in [-0.05, 0) is 31.2 Å². The third-order valence-electron chi connectivity index (χ3n) is 4.44. The van der Waals surface area contributed by atoms with Gasteiger partial charge in [0.15, 0.2) is 0 Å². The first-order chi connectivity index (χ1) is 11.6. The summed E-state index contributed by atoms with van der Waals surface area (Å²) in [6, 6.07) is 11.9. The first-order valence-corrected chi connectivity index (χ1v) is 8.54. The smallest absolute Gasteiger partial charge is 0.272 e. The second-order valence-corrected chi connectivity index (χ2v) is 6.50. The van der Waals surface area contributed by atoms with Crippen LogP contribution in [0.15, 0.2) is 36.4 Å². The van der Waals surface area contributed by atoms with E-state index in [0.717, 1.165) is 25.9 Å². The van der Waals surface area contributed by atoms with E-state index in [0.29, 0.717) is 29.8 Å². The van der Waals surface area contributed by atoms with Gasteiger partial charge in [-0.15, -0.1) is 0 Å². The number of carbonyl (C=O) groups is 1. The highest BCUT2D eigenvalue weighted by molar-refractivity contribution is 5.93. The number of benzene rings is 1. The normalized spacial score (nSPS) is 15.3. The molecule has 0 unspecified atom stereocenters. The van der Waals surface area contributed by atoms with Crippen LogP contribution in [0.25, 0.3) is 0 Å². The lowest BCUT2D eigenvalue weighted by molar-refractivity contribution is 0.0691. The molecule has 0 aliphatic carbocycles. The van der Waals surface area contributed by atoms with Gasteiger partial charge in [0, 0.05) is 25.7 Å². The Balaban J connectivity index is 1.70. The van der Waals surface area contributed by atoms with Crippen LogP contribution in [0.4, 0.5) is 5.82 Å². The Bertz CT molecular complexity index is 694. The van der Waals surface area contributed by atoms with E-state index in [1.165, 1.54) is 5.56 Å². The van der Waals surface area contributed by atoms with Crippen molar-refractivity contribution in [2.75, 3.05) is 18.4 Å². The number of carbonyl (C=O) groups excluding carboxylic acids is 1. The van der Waals surface area contributed by atoms with E-state index in [2.05, 4.69) is 34.3 Å². The Kier molecular flexibility index (Phi) is 5.08. The Morgan fingerprint density at radius 1 is 1.21 bits per heavy atom. The number of rotatable bonds is 4. The Morgan fingerprint density at radius 3 is 2.62 bits per heavy atom. The predicted octanol–water partition coefficient (Wildman–Crippen LogP) is 3.27. The van der Waals surface area contributed by atoms with Crippen LogP contribution in [0.5, 0.6) is 0 Å². The van der Waals surface area contributed by atoms with E-state index in [4.69, 9.17) is 0 Å². The molecule has 0 saturated carbocycles. The standard InChI is InChI=1S/C19H24N4O/c1-14-8-10-23(11-9-14)19(24)17-12-18(22-15(2)21-17)20-13-16-6-4-3-5-7-16/h3-7,12,14H,8-11,13H2,1-2H3,(H,20,21,22). The van der Waals surface area contributed by atoms with Crippen LogP contribution in [0, 0.1) is 12.8 Å². The van der Waals surface area contributed by atoms with Gasteiger partial charge in [0.25, 0.3) is 5.91 Å². The van der Waals surface area contributed by atoms with Gasteiger partial charge in [0.2, 0.25) is 0 Å². The van der Waals surface area contributed by atoms with Gasteiger partial charge in [-0.25, -0.2) is 9.97 Å².